The summed E-state index contributed by atoms with van der Waals surface area (Å²) in [7, 11) is 0. The number of pyridine rings is 1. The van der Waals surface area contributed by atoms with Gasteiger partial charge in [0.1, 0.15) is 0 Å². The van der Waals surface area contributed by atoms with Crippen LogP contribution >= 0.6 is 11.8 Å². The van der Waals surface area contributed by atoms with Crippen LogP contribution < -0.4 is 5.32 Å². The first-order valence-corrected chi connectivity index (χ1v) is 8.63. The lowest BCUT2D eigenvalue weighted by Crippen LogP contribution is -2.26. The molecule has 2 heterocycles. The number of thioether (sulfide) groups is 1. The molecule has 20 heavy (non-hydrogen) atoms. The molecule has 4 nitrogen and oxygen atoms in total. The Hall–Kier alpha value is -1.07. The van der Waals surface area contributed by atoms with E-state index in [1.54, 1.807) is 0 Å². The van der Waals surface area contributed by atoms with E-state index in [4.69, 9.17) is 0 Å². The molecule has 1 atom stereocenters. The molecule has 0 saturated carbocycles. The van der Waals surface area contributed by atoms with Gasteiger partial charge in [-0.3, -0.25) is 4.40 Å². The Morgan fingerprint density at radius 3 is 2.85 bits per heavy atom. The Morgan fingerprint density at radius 2 is 2.10 bits per heavy atom. The molecule has 0 spiro atoms. The van der Waals surface area contributed by atoms with Crippen LogP contribution in [0.15, 0.2) is 24.4 Å². The van der Waals surface area contributed by atoms with Crippen molar-refractivity contribution >= 4 is 17.4 Å². The normalized spacial score (nSPS) is 13.2. The van der Waals surface area contributed by atoms with Gasteiger partial charge in [-0.2, -0.15) is 11.8 Å². The van der Waals surface area contributed by atoms with E-state index in [1.165, 1.54) is 6.42 Å². The minimum atomic E-state index is 0.276. The van der Waals surface area contributed by atoms with Crippen LogP contribution in [0.4, 0.5) is 0 Å². The van der Waals surface area contributed by atoms with E-state index in [0.29, 0.717) is 0 Å². The molecule has 2 rings (SSSR count). The van der Waals surface area contributed by atoms with E-state index in [1.807, 2.05) is 36.2 Å². The molecule has 0 aromatic carbocycles. The first kappa shape index (κ1) is 15.3. The second-order valence-electron chi connectivity index (χ2n) is 5.46. The second-order valence-corrected chi connectivity index (χ2v) is 6.44. The van der Waals surface area contributed by atoms with E-state index in [9.17, 15) is 0 Å². The highest BCUT2D eigenvalue weighted by molar-refractivity contribution is 7.98. The zero-order valence-electron chi connectivity index (χ0n) is 12.5. The molecule has 0 aliphatic rings. The summed E-state index contributed by atoms with van der Waals surface area (Å²) in [4.78, 5) is 0. The van der Waals surface area contributed by atoms with Crippen LogP contribution in [0.2, 0.25) is 0 Å². The second kappa shape index (κ2) is 7.64. The molecule has 1 N–H and O–H groups in total. The van der Waals surface area contributed by atoms with Gasteiger partial charge in [0, 0.05) is 6.20 Å². The lowest BCUT2D eigenvalue weighted by atomic mass is 10.1. The van der Waals surface area contributed by atoms with Crippen LogP contribution in [0.5, 0.6) is 0 Å². The Bertz CT molecular complexity index is 523. The largest absolute Gasteiger partial charge is 0.307 e. The van der Waals surface area contributed by atoms with Crippen molar-refractivity contribution in [2.75, 3.05) is 18.6 Å². The summed E-state index contributed by atoms with van der Waals surface area (Å²) < 4.78 is 2.09. The zero-order valence-corrected chi connectivity index (χ0v) is 13.4. The number of hydrogen-bond donors (Lipinski definition) is 1. The molecule has 0 fully saturated rings. The maximum absolute atomic E-state index is 4.39. The summed E-state index contributed by atoms with van der Waals surface area (Å²) in [5, 5.41) is 12.3. The number of fused-ring (bicyclic) bond motifs is 1. The molecular weight excluding hydrogens is 268 g/mol. The summed E-state index contributed by atoms with van der Waals surface area (Å²) >= 11 is 1.87. The molecule has 2 aromatic heterocycles. The van der Waals surface area contributed by atoms with E-state index in [-0.39, 0.29) is 6.04 Å². The SMILES string of the molecule is CSCCC(NCCC(C)C)c1nnc2ccccn12. The van der Waals surface area contributed by atoms with E-state index >= 15 is 0 Å². The van der Waals surface area contributed by atoms with Crippen molar-refractivity contribution < 1.29 is 0 Å². The summed E-state index contributed by atoms with van der Waals surface area (Å²) in [6, 6.07) is 6.30. The molecule has 110 valence electrons. The minimum absolute atomic E-state index is 0.276. The molecule has 0 saturated heterocycles. The Kier molecular flexibility index (Phi) is 5.86. The average molecular weight is 292 g/mol. The van der Waals surface area contributed by atoms with Gasteiger partial charge in [-0.1, -0.05) is 19.9 Å². The standard InChI is InChI=1S/C15H24N4S/c1-12(2)7-9-16-13(8-11-20-3)15-18-17-14-6-4-5-10-19(14)15/h4-6,10,12-13,16H,7-9,11H2,1-3H3. The van der Waals surface area contributed by atoms with Crippen molar-refractivity contribution in [1.82, 2.24) is 19.9 Å². The monoisotopic (exact) mass is 292 g/mol. The molecule has 0 amide bonds. The number of hydrogen-bond acceptors (Lipinski definition) is 4. The van der Waals surface area contributed by atoms with Crippen LogP contribution in [0.3, 0.4) is 0 Å². The third-order valence-corrected chi connectivity index (χ3v) is 4.02. The maximum Gasteiger partial charge on any atom is 0.160 e. The summed E-state index contributed by atoms with van der Waals surface area (Å²) in [5.74, 6) is 2.87. The number of nitrogens with one attached hydrogen (secondary N) is 1. The molecule has 5 heteroatoms. The van der Waals surface area contributed by atoms with Gasteiger partial charge < -0.3 is 5.32 Å². The maximum atomic E-state index is 4.39. The number of aromatic nitrogens is 3. The number of rotatable bonds is 8. The Morgan fingerprint density at radius 1 is 1.25 bits per heavy atom. The Balaban J connectivity index is 2.12. The minimum Gasteiger partial charge on any atom is -0.307 e. The fraction of sp³-hybridized carbons (Fsp3) is 0.600. The van der Waals surface area contributed by atoms with Crippen molar-refractivity contribution in [3.63, 3.8) is 0 Å². The molecular formula is C15H24N4S. The highest BCUT2D eigenvalue weighted by Gasteiger charge is 2.17. The van der Waals surface area contributed by atoms with Gasteiger partial charge in [-0.05, 0) is 49.4 Å². The lowest BCUT2D eigenvalue weighted by Gasteiger charge is -2.17. The van der Waals surface area contributed by atoms with Gasteiger partial charge >= 0.3 is 0 Å². The van der Waals surface area contributed by atoms with Gasteiger partial charge in [0.15, 0.2) is 11.5 Å². The van der Waals surface area contributed by atoms with Crippen LogP contribution in [-0.2, 0) is 0 Å². The third-order valence-electron chi connectivity index (χ3n) is 3.37. The van der Waals surface area contributed by atoms with Gasteiger partial charge in [0.25, 0.3) is 0 Å². The quantitative estimate of drug-likeness (QED) is 0.811. The molecule has 0 radical (unpaired) electrons. The predicted molar refractivity (Wildman–Crippen MR) is 86.2 cm³/mol. The smallest absolute Gasteiger partial charge is 0.160 e. The fourth-order valence-electron chi connectivity index (χ4n) is 2.20. The topological polar surface area (TPSA) is 42.2 Å². The summed E-state index contributed by atoms with van der Waals surface area (Å²) in [6.45, 7) is 5.54. The van der Waals surface area contributed by atoms with Crippen molar-refractivity contribution in [1.29, 1.82) is 0 Å². The van der Waals surface area contributed by atoms with Crippen LogP contribution in [0.1, 0.15) is 38.6 Å². The first-order valence-electron chi connectivity index (χ1n) is 7.24. The van der Waals surface area contributed by atoms with Gasteiger partial charge in [-0.25, -0.2) is 0 Å². The fourth-order valence-corrected chi connectivity index (χ4v) is 2.67. The third kappa shape index (κ3) is 3.96. The predicted octanol–water partition coefficient (Wildman–Crippen LogP) is 3.16. The van der Waals surface area contributed by atoms with E-state index in [0.717, 1.165) is 36.1 Å². The van der Waals surface area contributed by atoms with Gasteiger partial charge in [-0.15, -0.1) is 10.2 Å². The summed E-state index contributed by atoms with van der Waals surface area (Å²) in [6.07, 6.45) is 6.45. The van der Waals surface area contributed by atoms with Crippen molar-refractivity contribution in [3.05, 3.63) is 30.2 Å². The van der Waals surface area contributed by atoms with Gasteiger partial charge in [0.2, 0.25) is 0 Å². The van der Waals surface area contributed by atoms with E-state index < -0.39 is 0 Å². The summed E-state index contributed by atoms with van der Waals surface area (Å²) in [5.41, 5.74) is 0.919. The number of nitrogens with zero attached hydrogens (tertiary/aromatic N) is 3. The highest BCUT2D eigenvalue weighted by Crippen LogP contribution is 2.18. The van der Waals surface area contributed by atoms with Crippen LogP contribution in [0, 0.1) is 5.92 Å². The van der Waals surface area contributed by atoms with Crippen LogP contribution in [-0.4, -0.2) is 33.2 Å². The van der Waals surface area contributed by atoms with Crippen molar-refractivity contribution in [2.45, 2.75) is 32.7 Å². The van der Waals surface area contributed by atoms with E-state index in [2.05, 4.69) is 40.0 Å². The zero-order chi connectivity index (χ0) is 14.4. The van der Waals surface area contributed by atoms with Crippen LogP contribution in [0.25, 0.3) is 5.65 Å². The van der Waals surface area contributed by atoms with Crippen molar-refractivity contribution in [3.8, 4) is 0 Å². The highest BCUT2D eigenvalue weighted by atomic mass is 32.2. The first-order chi connectivity index (χ1) is 9.72. The molecule has 0 bridgehead atoms. The van der Waals surface area contributed by atoms with Gasteiger partial charge in [0.05, 0.1) is 6.04 Å². The average Bonchev–Trinajstić information content (AvgIpc) is 2.86. The Labute approximate surface area is 125 Å². The molecule has 0 aliphatic carbocycles. The molecule has 2 aromatic rings. The molecule has 0 aliphatic heterocycles. The molecule has 1 unspecified atom stereocenters. The van der Waals surface area contributed by atoms with Crippen molar-refractivity contribution in [2.24, 2.45) is 5.92 Å². The lowest BCUT2D eigenvalue weighted by molar-refractivity contribution is 0.455.